The maximum absolute atomic E-state index is 11.9. The summed E-state index contributed by atoms with van der Waals surface area (Å²) < 4.78 is 25.8. The van der Waals surface area contributed by atoms with E-state index in [-0.39, 0.29) is 4.90 Å². The molecule has 4 N–H and O–H groups in total. The summed E-state index contributed by atoms with van der Waals surface area (Å²) in [7, 11) is -3.77. The molecule has 0 bridgehead atoms. The summed E-state index contributed by atoms with van der Waals surface area (Å²) in [6.45, 7) is 1.65. The second-order valence-electron chi connectivity index (χ2n) is 3.59. The molecule has 0 aliphatic heterocycles. The minimum Gasteiger partial charge on any atom is -0.481 e. The zero-order valence-corrected chi connectivity index (χ0v) is 10.1. The molecular weight excluding hydrogens is 244 g/mol. The van der Waals surface area contributed by atoms with Crippen LogP contribution in [-0.4, -0.2) is 25.7 Å². The van der Waals surface area contributed by atoms with Crippen LogP contribution in [0.5, 0.6) is 0 Å². The van der Waals surface area contributed by atoms with Gasteiger partial charge in [-0.05, 0) is 18.6 Å². The Balaban J connectivity index is 2.90. The topological polar surface area (TPSA) is 109 Å². The van der Waals surface area contributed by atoms with Gasteiger partial charge in [0.1, 0.15) is 0 Å². The van der Waals surface area contributed by atoms with Crippen LogP contribution in [0.25, 0.3) is 0 Å². The van der Waals surface area contributed by atoms with Crippen molar-refractivity contribution in [3.8, 4) is 0 Å². The van der Waals surface area contributed by atoms with Gasteiger partial charge in [-0.25, -0.2) is 8.42 Å². The molecule has 6 nitrogen and oxygen atoms in total. The molecule has 0 fully saturated rings. The lowest BCUT2D eigenvalue weighted by atomic mass is 10.2. The lowest BCUT2D eigenvalue weighted by molar-refractivity contribution is -0.137. The van der Waals surface area contributed by atoms with E-state index in [9.17, 15) is 13.2 Å². The van der Waals surface area contributed by atoms with E-state index in [0.29, 0.717) is 5.56 Å². The van der Waals surface area contributed by atoms with Gasteiger partial charge in [0.25, 0.3) is 0 Å². The van der Waals surface area contributed by atoms with Crippen LogP contribution in [0, 0.1) is 6.92 Å². The van der Waals surface area contributed by atoms with Gasteiger partial charge in [0.05, 0.1) is 17.5 Å². The quantitative estimate of drug-likeness (QED) is 0.646. The lowest BCUT2D eigenvalue weighted by Gasteiger charge is -2.13. The Labute approximate surface area is 99.5 Å². The standard InChI is InChI=1S/C10H14N2O4S/c1-7-4-2-3-5-8(7)17(15,16)12-9(11)6-10(13)14/h2-5,9,12H,6,11H2,1H3,(H,13,14)/t9-/m0/s1. The molecule has 0 amide bonds. The number of nitrogens with one attached hydrogen (secondary N) is 1. The van der Waals surface area contributed by atoms with Gasteiger partial charge in [-0.2, -0.15) is 4.72 Å². The molecular formula is C10H14N2O4S. The molecule has 17 heavy (non-hydrogen) atoms. The van der Waals surface area contributed by atoms with Crippen molar-refractivity contribution in [1.29, 1.82) is 0 Å². The second kappa shape index (κ2) is 5.26. The monoisotopic (exact) mass is 258 g/mol. The van der Waals surface area contributed by atoms with Gasteiger partial charge in [-0.3, -0.25) is 4.79 Å². The normalized spacial score (nSPS) is 13.3. The first-order valence-electron chi connectivity index (χ1n) is 4.88. The Morgan fingerprint density at radius 2 is 2.06 bits per heavy atom. The average molecular weight is 258 g/mol. The van der Waals surface area contributed by atoms with E-state index in [1.807, 2.05) is 0 Å². The van der Waals surface area contributed by atoms with E-state index in [1.54, 1.807) is 25.1 Å². The summed E-state index contributed by atoms with van der Waals surface area (Å²) in [6, 6.07) is 6.39. The highest BCUT2D eigenvalue weighted by Gasteiger charge is 2.20. The fourth-order valence-electron chi connectivity index (χ4n) is 1.35. The van der Waals surface area contributed by atoms with Crippen molar-refractivity contribution in [2.75, 3.05) is 0 Å². The first kappa shape index (κ1) is 13.6. The van der Waals surface area contributed by atoms with E-state index >= 15 is 0 Å². The molecule has 0 saturated heterocycles. The highest BCUT2D eigenvalue weighted by atomic mass is 32.2. The molecule has 7 heteroatoms. The molecule has 0 aliphatic carbocycles. The number of benzene rings is 1. The van der Waals surface area contributed by atoms with Crippen LogP contribution >= 0.6 is 0 Å². The Morgan fingerprint density at radius 3 is 2.59 bits per heavy atom. The van der Waals surface area contributed by atoms with E-state index in [4.69, 9.17) is 10.8 Å². The van der Waals surface area contributed by atoms with Crippen LogP contribution in [0.15, 0.2) is 29.2 Å². The summed E-state index contributed by atoms with van der Waals surface area (Å²) in [5.41, 5.74) is 5.95. The molecule has 1 aromatic rings. The zero-order chi connectivity index (χ0) is 13.1. The Hall–Kier alpha value is -1.44. The number of carboxylic acid groups (broad SMARTS) is 1. The van der Waals surface area contributed by atoms with Crippen molar-refractivity contribution in [3.63, 3.8) is 0 Å². The van der Waals surface area contributed by atoms with Crippen molar-refractivity contribution in [2.45, 2.75) is 24.4 Å². The summed E-state index contributed by atoms with van der Waals surface area (Å²) >= 11 is 0. The number of carboxylic acids is 1. The summed E-state index contributed by atoms with van der Waals surface area (Å²) in [4.78, 5) is 10.5. The Morgan fingerprint density at radius 1 is 1.47 bits per heavy atom. The third-order valence-corrected chi connectivity index (χ3v) is 3.73. The van der Waals surface area contributed by atoms with Gasteiger partial charge in [-0.15, -0.1) is 0 Å². The van der Waals surface area contributed by atoms with Gasteiger partial charge in [0.2, 0.25) is 10.0 Å². The van der Waals surface area contributed by atoms with Gasteiger partial charge in [0, 0.05) is 0 Å². The van der Waals surface area contributed by atoms with Crippen molar-refractivity contribution >= 4 is 16.0 Å². The van der Waals surface area contributed by atoms with Crippen molar-refractivity contribution in [3.05, 3.63) is 29.8 Å². The molecule has 0 radical (unpaired) electrons. The highest BCUT2D eigenvalue weighted by molar-refractivity contribution is 7.89. The molecule has 0 unspecified atom stereocenters. The summed E-state index contributed by atoms with van der Waals surface area (Å²) in [5, 5.41) is 8.49. The van der Waals surface area contributed by atoms with Gasteiger partial charge in [0.15, 0.2) is 0 Å². The van der Waals surface area contributed by atoms with Crippen molar-refractivity contribution < 1.29 is 18.3 Å². The Bertz CT molecular complexity index is 513. The van der Waals surface area contributed by atoms with Gasteiger partial charge < -0.3 is 10.8 Å². The number of hydrogen-bond donors (Lipinski definition) is 3. The first-order chi connectivity index (χ1) is 7.83. The van der Waals surface area contributed by atoms with Gasteiger partial charge >= 0.3 is 5.97 Å². The van der Waals surface area contributed by atoms with Crippen molar-refractivity contribution in [1.82, 2.24) is 4.72 Å². The molecule has 0 aliphatic rings. The lowest BCUT2D eigenvalue weighted by Crippen LogP contribution is -2.42. The smallest absolute Gasteiger partial charge is 0.306 e. The minimum absolute atomic E-state index is 0.0980. The highest BCUT2D eigenvalue weighted by Crippen LogP contribution is 2.13. The van der Waals surface area contributed by atoms with Crippen LogP contribution in [0.2, 0.25) is 0 Å². The molecule has 1 rings (SSSR count). The third kappa shape index (κ3) is 3.81. The number of aryl methyl sites for hydroxylation is 1. The minimum atomic E-state index is -3.77. The van der Waals surface area contributed by atoms with Crippen LogP contribution in [-0.2, 0) is 14.8 Å². The molecule has 0 aromatic heterocycles. The van der Waals surface area contributed by atoms with Crippen LogP contribution in [0.3, 0.4) is 0 Å². The largest absolute Gasteiger partial charge is 0.481 e. The number of nitrogens with two attached hydrogens (primary N) is 1. The maximum atomic E-state index is 11.9. The third-order valence-electron chi connectivity index (χ3n) is 2.08. The zero-order valence-electron chi connectivity index (χ0n) is 9.25. The number of aliphatic carboxylic acids is 1. The Kier molecular flexibility index (Phi) is 4.22. The molecule has 1 atom stereocenters. The maximum Gasteiger partial charge on any atom is 0.306 e. The molecule has 1 aromatic carbocycles. The summed E-state index contributed by atoms with van der Waals surface area (Å²) in [5.74, 6) is -1.16. The number of rotatable bonds is 5. The van der Waals surface area contributed by atoms with E-state index in [2.05, 4.69) is 4.72 Å². The predicted octanol–water partition coefficient (Wildman–Crippen LogP) is 0.0328. The van der Waals surface area contributed by atoms with Crippen LogP contribution < -0.4 is 10.5 Å². The van der Waals surface area contributed by atoms with E-state index in [0.717, 1.165) is 0 Å². The SMILES string of the molecule is Cc1ccccc1S(=O)(=O)N[C@H](N)CC(=O)O. The molecule has 94 valence electrons. The number of carbonyl (C=O) groups is 1. The predicted molar refractivity (Wildman–Crippen MR) is 61.7 cm³/mol. The number of hydrogen-bond acceptors (Lipinski definition) is 4. The molecule has 0 saturated carbocycles. The van der Waals surface area contributed by atoms with E-state index < -0.39 is 28.6 Å². The molecule has 0 spiro atoms. The summed E-state index contributed by atoms with van der Waals surface area (Å²) in [6.07, 6.45) is -1.61. The van der Waals surface area contributed by atoms with E-state index in [1.165, 1.54) is 6.07 Å². The van der Waals surface area contributed by atoms with Crippen molar-refractivity contribution in [2.24, 2.45) is 5.73 Å². The van der Waals surface area contributed by atoms with Crippen LogP contribution in [0.4, 0.5) is 0 Å². The molecule has 0 heterocycles. The van der Waals surface area contributed by atoms with Gasteiger partial charge in [-0.1, -0.05) is 18.2 Å². The fourth-order valence-corrected chi connectivity index (χ4v) is 2.71. The second-order valence-corrected chi connectivity index (χ2v) is 5.27. The average Bonchev–Trinajstić information content (AvgIpc) is 2.15. The van der Waals surface area contributed by atoms with Crippen LogP contribution in [0.1, 0.15) is 12.0 Å². The first-order valence-corrected chi connectivity index (χ1v) is 6.36. The fraction of sp³-hybridized carbons (Fsp3) is 0.300. The number of sulfonamides is 1.